The predicted molar refractivity (Wildman–Crippen MR) is 82.7 cm³/mol. The first-order chi connectivity index (χ1) is 9.77. The average molecular weight is 307 g/mol. The lowest BCUT2D eigenvalue weighted by molar-refractivity contribution is 0.602. The molecule has 1 atom stereocenters. The quantitative estimate of drug-likeness (QED) is 0.936. The zero-order valence-electron chi connectivity index (χ0n) is 12.2. The molecule has 0 spiro atoms. The number of sulfone groups is 1. The van der Waals surface area contributed by atoms with E-state index in [0.717, 1.165) is 16.8 Å². The maximum Gasteiger partial charge on any atom is 0.175 e. The Morgan fingerprint density at radius 3 is 2.24 bits per heavy atom. The molecule has 0 saturated heterocycles. The van der Waals surface area contributed by atoms with Crippen LogP contribution in [0.25, 0.3) is 0 Å². The molecule has 2 rings (SSSR count). The summed E-state index contributed by atoms with van der Waals surface area (Å²) in [5, 5.41) is 3.30. The molecule has 3 nitrogen and oxygen atoms in total. The molecule has 0 amide bonds. The SMILES string of the molecule is Cc1cc(F)ccc1NC(C)c1ccc(S(C)(=O)=O)cc1. The van der Waals surface area contributed by atoms with E-state index in [1.54, 1.807) is 30.3 Å². The van der Waals surface area contributed by atoms with Gasteiger partial charge in [-0.2, -0.15) is 0 Å². The van der Waals surface area contributed by atoms with Crippen molar-refractivity contribution < 1.29 is 12.8 Å². The topological polar surface area (TPSA) is 46.2 Å². The second kappa shape index (κ2) is 5.85. The summed E-state index contributed by atoms with van der Waals surface area (Å²) in [7, 11) is -3.18. The summed E-state index contributed by atoms with van der Waals surface area (Å²) in [6.07, 6.45) is 1.19. The molecule has 1 unspecified atom stereocenters. The first-order valence-electron chi connectivity index (χ1n) is 6.60. The summed E-state index contributed by atoms with van der Waals surface area (Å²) in [5.74, 6) is -0.261. The van der Waals surface area contributed by atoms with E-state index >= 15 is 0 Å². The highest BCUT2D eigenvalue weighted by Crippen LogP contribution is 2.23. The number of nitrogens with one attached hydrogen (secondary N) is 1. The fourth-order valence-corrected chi connectivity index (χ4v) is 2.74. The molecule has 2 aromatic rings. The first kappa shape index (κ1) is 15.5. The highest BCUT2D eigenvalue weighted by Gasteiger charge is 2.10. The Bertz CT molecular complexity index is 739. The van der Waals surface area contributed by atoms with Crippen LogP contribution in [-0.2, 0) is 9.84 Å². The van der Waals surface area contributed by atoms with Crippen LogP contribution in [0.3, 0.4) is 0 Å². The van der Waals surface area contributed by atoms with Crippen molar-refractivity contribution in [1.82, 2.24) is 0 Å². The molecular weight excluding hydrogens is 289 g/mol. The van der Waals surface area contributed by atoms with E-state index in [0.29, 0.717) is 4.90 Å². The van der Waals surface area contributed by atoms with Crippen LogP contribution >= 0.6 is 0 Å². The van der Waals surface area contributed by atoms with Gasteiger partial charge in [-0.25, -0.2) is 12.8 Å². The van der Waals surface area contributed by atoms with Gasteiger partial charge in [0.1, 0.15) is 5.82 Å². The van der Waals surface area contributed by atoms with E-state index in [1.165, 1.54) is 18.4 Å². The summed E-state index contributed by atoms with van der Waals surface area (Å²) in [6.45, 7) is 3.81. The summed E-state index contributed by atoms with van der Waals surface area (Å²) in [5.41, 5.74) is 2.65. The van der Waals surface area contributed by atoms with Gasteiger partial charge in [0, 0.05) is 18.0 Å². The predicted octanol–water partition coefficient (Wildman–Crippen LogP) is 3.71. The minimum atomic E-state index is -3.18. The van der Waals surface area contributed by atoms with Gasteiger partial charge >= 0.3 is 0 Å². The van der Waals surface area contributed by atoms with Crippen molar-refractivity contribution >= 4 is 15.5 Å². The van der Waals surface area contributed by atoms with Crippen LogP contribution in [0.15, 0.2) is 47.4 Å². The van der Waals surface area contributed by atoms with Crippen LogP contribution in [0, 0.1) is 12.7 Å². The monoisotopic (exact) mass is 307 g/mol. The van der Waals surface area contributed by atoms with Crippen molar-refractivity contribution in [2.75, 3.05) is 11.6 Å². The molecule has 0 aliphatic carbocycles. The second-order valence-corrected chi connectivity index (χ2v) is 7.18. The Morgan fingerprint density at radius 1 is 1.10 bits per heavy atom. The van der Waals surface area contributed by atoms with E-state index in [9.17, 15) is 12.8 Å². The number of hydrogen-bond acceptors (Lipinski definition) is 3. The van der Waals surface area contributed by atoms with Gasteiger partial charge < -0.3 is 5.32 Å². The third-order valence-corrected chi connectivity index (χ3v) is 4.50. The highest BCUT2D eigenvalue weighted by molar-refractivity contribution is 7.90. The highest BCUT2D eigenvalue weighted by atomic mass is 32.2. The largest absolute Gasteiger partial charge is 0.378 e. The standard InChI is InChI=1S/C16H18FNO2S/c1-11-10-14(17)6-9-16(11)18-12(2)13-4-7-15(8-5-13)21(3,19)20/h4-10,12,18H,1-3H3. The Labute approximate surface area is 124 Å². The normalized spacial score (nSPS) is 13.0. The molecule has 0 aliphatic rings. The zero-order chi connectivity index (χ0) is 15.6. The molecule has 0 bridgehead atoms. The molecule has 0 heterocycles. The number of benzene rings is 2. The van der Waals surface area contributed by atoms with Crippen LogP contribution in [0.2, 0.25) is 0 Å². The van der Waals surface area contributed by atoms with E-state index in [4.69, 9.17) is 0 Å². The average Bonchev–Trinajstić information content (AvgIpc) is 2.41. The Kier molecular flexibility index (Phi) is 4.32. The fourth-order valence-electron chi connectivity index (χ4n) is 2.11. The van der Waals surface area contributed by atoms with Crippen molar-refractivity contribution in [2.45, 2.75) is 24.8 Å². The molecular formula is C16H18FNO2S. The lowest BCUT2D eigenvalue weighted by atomic mass is 10.1. The smallest absolute Gasteiger partial charge is 0.175 e. The number of rotatable bonds is 4. The zero-order valence-corrected chi connectivity index (χ0v) is 13.0. The Balaban J connectivity index is 2.18. The van der Waals surface area contributed by atoms with Gasteiger partial charge in [0.15, 0.2) is 9.84 Å². The summed E-state index contributed by atoms with van der Waals surface area (Å²) >= 11 is 0. The van der Waals surface area contributed by atoms with Crippen molar-refractivity contribution in [3.63, 3.8) is 0 Å². The second-order valence-electron chi connectivity index (χ2n) is 5.17. The van der Waals surface area contributed by atoms with Gasteiger partial charge in [0.25, 0.3) is 0 Å². The first-order valence-corrected chi connectivity index (χ1v) is 8.49. The maximum absolute atomic E-state index is 13.1. The lowest BCUT2D eigenvalue weighted by Gasteiger charge is -2.17. The van der Waals surface area contributed by atoms with Crippen molar-refractivity contribution in [2.24, 2.45) is 0 Å². The molecule has 0 fully saturated rings. The Hall–Kier alpha value is -1.88. The van der Waals surface area contributed by atoms with E-state index in [1.807, 2.05) is 13.8 Å². The molecule has 5 heteroatoms. The minimum absolute atomic E-state index is 0.0113. The Morgan fingerprint density at radius 2 is 1.71 bits per heavy atom. The van der Waals surface area contributed by atoms with E-state index < -0.39 is 9.84 Å². The minimum Gasteiger partial charge on any atom is -0.378 e. The van der Waals surface area contributed by atoms with Crippen LogP contribution < -0.4 is 5.32 Å². The molecule has 2 aromatic carbocycles. The van der Waals surface area contributed by atoms with E-state index in [2.05, 4.69) is 5.32 Å². The molecule has 112 valence electrons. The van der Waals surface area contributed by atoms with Crippen LogP contribution in [0.5, 0.6) is 0 Å². The third kappa shape index (κ3) is 3.82. The third-order valence-electron chi connectivity index (χ3n) is 3.37. The van der Waals surface area contributed by atoms with Crippen LogP contribution in [0.1, 0.15) is 24.1 Å². The number of hydrogen-bond donors (Lipinski definition) is 1. The molecule has 0 aromatic heterocycles. The van der Waals surface area contributed by atoms with Gasteiger partial charge in [-0.3, -0.25) is 0 Å². The molecule has 1 N–H and O–H groups in total. The van der Waals surface area contributed by atoms with Gasteiger partial charge in [-0.1, -0.05) is 12.1 Å². The molecule has 0 radical (unpaired) electrons. The maximum atomic E-state index is 13.1. The number of aryl methyl sites for hydroxylation is 1. The van der Waals surface area contributed by atoms with Gasteiger partial charge in [-0.05, 0) is 55.3 Å². The summed E-state index contributed by atoms with van der Waals surface area (Å²) in [4.78, 5) is 0.302. The van der Waals surface area contributed by atoms with Crippen molar-refractivity contribution in [3.05, 3.63) is 59.4 Å². The number of anilines is 1. The van der Waals surface area contributed by atoms with Gasteiger partial charge in [0.2, 0.25) is 0 Å². The van der Waals surface area contributed by atoms with Crippen molar-refractivity contribution in [3.8, 4) is 0 Å². The van der Waals surface area contributed by atoms with Crippen LogP contribution in [0.4, 0.5) is 10.1 Å². The van der Waals surface area contributed by atoms with Crippen LogP contribution in [-0.4, -0.2) is 14.7 Å². The van der Waals surface area contributed by atoms with Crippen molar-refractivity contribution in [1.29, 1.82) is 0 Å². The summed E-state index contributed by atoms with van der Waals surface area (Å²) < 4.78 is 35.9. The van der Waals surface area contributed by atoms with E-state index in [-0.39, 0.29) is 11.9 Å². The molecule has 0 saturated carbocycles. The summed E-state index contributed by atoms with van der Waals surface area (Å²) in [6, 6.07) is 11.3. The van der Waals surface area contributed by atoms with Gasteiger partial charge in [0.05, 0.1) is 4.90 Å². The van der Waals surface area contributed by atoms with Gasteiger partial charge in [-0.15, -0.1) is 0 Å². The molecule has 0 aliphatic heterocycles. The lowest BCUT2D eigenvalue weighted by Crippen LogP contribution is -2.08. The number of halogens is 1. The molecule has 21 heavy (non-hydrogen) atoms. The fraction of sp³-hybridized carbons (Fsp3) is 0.250.